The van der Waals surface area contributed by atoms with Crippen LogP contribution in [0.1, 0.15) is 12.5 Å². The van der Waals surface area contributed by atoms with Crippen molar-refractivity contribution in [1.82, 2.24) is 0 Å². The van der Waals surface area contributed by atoms with Gasteiger partial charge in [0.05, 0.1) is 29.8 Å². The van der Waals surface area contributed by atoms with Gasteiger partial charge in [0, 0.05) is 0 Å². The molecule has 0 aromatic heterocycles. The first-order valence-electron chi connectivity index (χ1n) is 7.84. The van der Waals surface area contributed by atoms with Crippen LogP contribution in [0.5, 0.6) is 5.75 Å². The largest absolute Gasteiger partial charge is 0.495 e. The number of halogens is 1. The first-order chi connectivity index (χ1) is 12.1. The topological polar surface area (TPSA) is 75.7 Å². The smallest absolute Gasteiger partial charge is 0.248 e. The quantitative estimate of drug-likeness (QED) is 0.811. The molecular formula is C18H21ClN2O4S. The highest BCUT2D eigenvalue weighted by Crippen LogP contribution is 2.33. The second kappa shape index (κ2) is 7.97. The zero-order chi connectivity index (χ0) is 19.5. The Morgan fingerprint density at radius 1 is 1.23 bits per heavy atom. The van der Waals surface area contributed by atoms with Crippen molar-refractivity contribution in [2.45, 2.75) is 19.9 Å². The number of methoxy groups -OCH3 is 1. The summed E-state index contributed by atoms with van der Waals surface area (Å²) in [5, 5.41) is 3.03. The minimum atomic E-state index is -3.75. The highest BCUT2D eigenvalue weighted by molar-refractivity contribution is 7.92. The fourth-order valence-corrected chi connectivity index (χ4v) is 3.91. The number of aryl methyl sites for hydroxylation is 1. The summed E-state index contributed by atoms with van der Waals surface area (Å²) < 4.78 is 31.2. The van der Waals surface area contributed by atoms with Crippen molar-refractivity contribution in [1.29, 1.82) is 0 Å². The normalized spacial score (nSPS) is 12.3. The molecular weight excluding hydrogens is 376 g/mol. The maximum absolute atomic E-state index is 12.7. The van der Waals surface area contributed by atoms with Crippen molar-refractivity contribution in [2.24, 2.45) is 0 Å². The van der Waals surface area contributed by atoms with E-state index in [2.05, 4.69) is 5.32 Å². The predicted molar refractivity (Wildman–Crippen MR) is 105 cm³/mol. The number of hydrogen-bond acceptors (Lipinski definition) is 4. The van der Waals surface area contributed by atoms with E-state index < -0.39 is 22.0 Å². The van der Waals surface area contributed by atoms with E-state index in [9.17, 15) is 13.2 Å². The van der Waals surface area contributed by atoms with Crippen LogP contribution < -0.4 is 14.4 Å². The molecule has 6 nitrogen and oxygen atoms in total. The van der Waals surface area contributed by atoms with Crippen LogP contribution in [-0.2, 0) is 14.8 Å². The maximum atomic E-state index is 12.7. The lowest BCUT2D eigenvalue weighted by molar-refractivity contribution is -0.116. The van der Waals surface area contributed by atoms with Gasteiger partial charge in [-0.2, -0.15) is 0 Å². The third kappa shape index (κ3) is 4.47. The van der Waals surface area contributed by atoms with Crippen molar-refractivity contribution in [3.63, 3.8) is 0 Å². The summed E-state index contributed by atoms with van der Waals surface area (Å²) in [6, 6.07) is 10.9. The van der Waals surface area contributed by atoms with Crippen molar-refractivity contribution in [2.75, 3.05) is 23.0 Å². The number of para-hydroxylation sites is 1. The van der Waals surface area contributed by atoms with Crippen molar-refractivity contribution in [3.05, 3.63) is 53.1 Å². The molecule has 1 N–H and O–H groups in total. The minimum Gasteiger partial charge on any atom is -0.495 e. The summed E-state index contributed by atoms with van der Waals surface area (Å²) >= 11 is 6.06. The van der Waals surface area contributed by atoms with Crippen LogP contribution in [0.15, 0.2) is 42.5 Å². The predicted octanol–water partition coefficient (Wildman–Crippen LogP) is 3.45. The van der Waals surface area contributed by atoms with Crippen LogP contribution in [-0.4, -0.2) is 33.7 Å². The van der Waals surface area contributed by atoms with Gasteiger partial charge >= 0.3 is 0 Å². The van der Waals surface area contributed by atoms with Gasteiger partial charge in [0.25, 0.3) is 0 Å². The van der Waals surface area contributed by atoms with Crippen LogP contribution in [0.25, 0.3) is 0 Å². The van der Waals surface area contributed by atoms with Crippen molar-refractivity contribution in [3.8, 4) is 5.75 Å². The molecule has 0 aliphatic carbocycles. The summed E-state index contributed by atoms with van der Waals surface area (Å²) in [6.45, 7) is 3.34. The molecule has 1 atom stereocenters. The molecule has 1 amide bonds. The number of benzene rings is 2. The number of carbonyl (C=O) groups is 1. The molecule has 0 spiro atoms. The molecule has 26 heavy (non-hydrogen) atoms. The Bertz CT molecular complexity index is 915. The summed E-state index contributed by atoms with van der Waals surface area (Å²) in [5.74, 6) is -0.148. The van der Waals surface area contributed by atoms with Gasteiger partial charge in [-0.05, 0) is 43.7 Å². The van der Waals surface area contributed by atoms with Crippen LogP contribution in [0, 0.1) is 6.92 Å². The molecule has 0 bridgehead atoms. The molecule has 0 heterocycles. The van der Waals surface area contributed by atoms with Crippen molar-refractivity contribution < 1.29 is 17.9 Å². The average molecular weight is 397 g/mol. The maximum Gasteiger partial charge on any atom is 0.248 e. The van der Waals surface area contributed by atoms with E-state index in [-0.39, 0.29) is 0 Å². The standard InChI is InChI=1S/C18H21ClN2O4S/c1-12-9-10-17(25-3)16(11-12)21(26(4,23)24)13(2)18(22)20-15-8-6-5-7-14(15)19/h5-11,13H,1-4H3,(H,20,22). The van der Waals surface area contributed by atoms with Gasteiger partial charge in [-0.1, -0.05) is 29.8 Å². The monoisotopic (exact) mass is 396 g/mol. The molecule has 0 aliphatic rings. The number of carbonyl (C=O) groups excluding carboxylic acids is 1. The van der Waals surface area contributed by atoms with Gasteiger partial charge in [-0.25, -0.2) is 8.42 Å². The fraction of sp³-hybridized carbons (Fsp3) is 0.278. The molecule has 0 fully saturated rings. The molecule has 2 aromatic rings. The van der Waals surface area contributed by atoms with Gasteiger partial charge in [-0.15, -0.1) is 0 Å². The Kier molecular flexibility index (Phi) is 6.15. The number of rotatable bonds is 6. The van der Waals surface area contributed by atoms with Gasteiger partial charge < -0.3 is 10.1 Å². The van der Waals surface area contributed by atoms with E-state index in [1.165, 1.54) is 14.0 Å². The highest BCUT2D eigenvalue weighted by Gasteiger charge is 2.31. The Balaban J connectivity index is 2.43. The number of nitrogens with one attached hydrogen (secondary N) is 1. The molecule has 0 saturated heterocycles. The number of nitrogens with zero attached hydrogens (tertiary/aromatic N) is 1. The lowest BCUT2D eigenvalue weighted by Crippen LogP contribution is -2.45. The van der Waals surface area contributed by atoms with E-state index >= 15 is 0 Å². The molecule has 0 saturated carbocycles. The lowest BCUT2D eigenvalue weighted by Gasteiger charge is -2.29. The Hall–Kier alpha value is -2.25. The average Bonchev–Trinajstić information content (AvgIpc) is 2.56. The van der Waals surface area contributed by atoms with Gasteiger partial charge in [-0.3, -0.25) is 9.10 Å². The highest BCUT2D eigenvalue weighted by atomic mass is 35.5. The molecule has 2 aromatic carbocycles. The molecule has 0 radical (unpaired) electrons. The second-order valence-corrected chi connectivity index (χ2v) is 8.15. The second-order valence-electron chi connectivity index (χ2n) is 5.88. The Morgan fingerprint density at radius 2 is 1.88 bits per heavy atom. The van der Waals surface area contributed by atoms with E-state index in [0.29, 0.717) is 22.1 Å². The fourth-order valence-electron chi connectivity index (χ4n) is 2.55. The zero-order valence-corrected chi connectivity index (χ0v) is 16.6. The molecule has 8 heteroatoms. The SMILES string of the molecule is COc1ccc(C)cc1N(C(C)C(=O)Nc1ccccc1Cl)S(C)(=O)=O. The summed E-state index contributed by atoms with van der Waals surface area (Å²) in [5.41, 5.74) is 1.56. The van der Waals surface area contributed by atoms with Crippen LogP contribution in [0.2, 0.25) is 5.02 Å². The van der Waals surface area contributed by atoms with Crippen LogP contribution in [0.4, 0.5) is 11.4 Å². The number of amides is 1. The number of ether oxygens (including phenoxy) is 1. The van der Waals surface area contributed by atoms with Crippen molar-refractivity contribution >= 4 is 38.9 Å². The van der Waals surface area contributed by atoms with Gasteiger partial charge in [0.1, 0.15) is 11.8 Å². The van der Waals surface area contributed by atoms with Crippen LogP contribution >= 0.6 is 11.6 Å². The number of anilines is 2. The molecule has 1 unspecified atom stereocenters. The number of sulfonamides is 1. The third-order valence-corrected chi connectivity index (χ3v) is 5.35. The molecule has 0 aliphatic heterocycles. The Labute approximate surface area is 158 Å². The molecule has 140 valence electrons. The van der Waals surface area contributed by atoms with E-state index in [0.717, 1.165) is 16.1 Å². The molecule has 2 rings (SSSR count). The minimum absolute atomic E-state index is 0.303. The first kappa shape index (κ1) is 20.1. The van der Waals surface area contributed by atoms with E-state index in [1.807, 2.05) is 6.92 Å². The van der Waals surface area contributed by atoms with Gasteiger partial charge in [0.2, 0.25) is 15.9 Å². The summed E-state index contributed by atoms with van der Waals surface area (Å²) in [4.78, 5) is 12.7. The lowest BCUT2D eigenvalue weighted by atomic mass is 10.2. The van der Waals surface area contributed by atoms with Gasteiger partial charge in [0.15, 0.2) is 0 Å². The first-order valence-corrected chi connectivity index (χ1v) is 10.1. The third-order valence-electron chi connectivity index (χ3n) is 3.79. The van der Waals surface area contributed by atoms with E-state index in [1.54, 1.807) is 42.5 Å². The van der Waals surface area contributed by atoms with Crippen LogP contribution in [0.3, 0.4) is 0 Å². The summed E-state index contributed by atoms with van der Waals surface area (Å²) in [6.07, 6.45) is 1.05. The number of hydrogen-bond donors (Lipinski definition) is 1. The summed E-state index contributed by atoms with van der Waals surface area (Å²) in [7, 11) is -2.31. The zero-order valence-electron chi connectivity index (χ0n) is 15.0. The Morgan fingerprint density at radius 3 is 2.46 bits per heavy atom. The van der Waals surface area contributed by atoms with E-state index in [4.69, 9.17) is 16.3 Å².